The van der Waals surface area contributed by atoms with Gasteiger partial charge in [0.25, 0.3) is 0 Å². The van der Waals surface area contributed by atoms with Gasteiger partial charge in [0, 0.05) is 0 Å². The number of benzene rings is 1. The number of hydrogen-bond acceptors (Lipinski definition) is 2. The van der Waals surface area contributed by atoms with E-state index in [1.54, 1.807) is 0 Å². The molecular formula is C15H25NO. The maximum Gasteiger partial charge on any atom is 0.122 e. The molecule has 1 rings (SSSR count). The molecule has 1 aromatic carbocycles. The summed E-state index contributed by atoms with van der Waals surface area (Å²) >= 11 is 0. The third kappa shape index (κ3) is 5.22. The molecule has 1 unspecified atom stereocenters. The summed E-state index contributed by atoms with van der Waals surface area (Å²) in [7, 11) is 0. The van der Waals surface area contributed by atoms with Crippen LogP contribution in [0.15, 0.2) is 18.2 Å². The van der Waals surface area contributed by atoms with Crippen molar-refractivity contribution >= 4 is 0 Å². The van der Waals surface area contributed by atoms with Gasteiger partial charge in [-0.05, 0) is 58.3 Å². The highest BCUT2D eigenvalue weighted by Gasteiger charge is 2.06. The van der Waals surface area contributed by atoms with Crippen molar-refractivity contribution < 1.29 is 4.74 Å². The highest BCUT2D eigenvalue weighted by molar-refractivity contribution is 5.35. The summed E-state index contributed by atoms with van der Waals surface area (Å²) in [5.74, 6) is 1.02. The lowest BCUT2D eigenvalue weighted by molar-refractivity contribution is 0.206. The first-order valence-corrected chi connectivity index (χ1v) is 6.58. The van der Waals surface area contributed by atoms with Gasteiger partial charge in [0.15, 0.2) is 0 Å². The Balaban J connectivity index is 2.37. The van der Waals surface area contributed by atoms with Gasteiger partial charge < -0.3 is 10.1 Å². The summed E-state index contributed by atoms with van der Waals surface area (Å²) in [6.07, 6.45) is 2.55. The van der Waals surface area contributed by atoms with Crippen molar-refractivity contribution in [2.24, 2.45) is 0 Å². The number of rotatable bonds is 7. The van der Waals surface area contributed by atoms with Crippen molar-refractivity contribution in [3.8, 4) is 5.75 Å². The Morgan fingerprint density at radius 1 is 1.29 bits per heavy atom. The molecule has 0 saturated carbocycles. The van der Waals surface area contributed by atoms with Crippen LogP contribution in [0.4, 0.5) is 0 Å². The van der Waals surface area contributed by atoms with E-state index in [1.165, 1.54) is 17.5 Å². The van der Waals surface area contributed by atoms with Crippen LogP contribution in [0, 0.1) is 13.8 Å². The van der Waals surface area contributed by atoms with Crippen LogP contribution >= 0.6 is 0 Å². The Morgan fingerprint density at radius 2 is 2.06 bits per heavy atom. The molecule has 0 fully saturated rings. The monoisotopic (exact) mass is 235 g/mol. The molecule has 1 N–H and O–H groups in total. The van der Waals surface area contributed by atoms with Crippen LogP contribution in [0.5, 0.6) is 5.75 Å². The Hall–Kier alpha value is -1.02. The first-order valence-electron chi connectivity index (χ1n) is 6.58. The molecule has 0 aromatic heterocycles. The van der Waals surface area contributed by atoms with Crippen molar-refractivity contribution in [1.29, 1.82) is 0 Å². The van der Waals surface area contributed by atoms with E-state index in [0.29, 0.717) is 0 Å². The SMILES string of the molecule is CCNCCCC(C)Oc1ccc(C)cc1C. The average Bonchev–Trinajstić information content (AvgIpc) is 2.28. The topological polar surface area (TPSA) is 21.3 Å². The summed E-state index contributed by atoms with van der Waals surface area (Å²) in [4.78, 5) is 0. The second-order valence-corrected chi connectivity index (χ2v) is 4.69. The third-order valence-corrected chi connectivity index (χ3v) is 2.87. The van der Waals surface area contributed by atoms with Crippen LogP contribution in [0.1, 0.15) is 37.8 Å². The Bertz CT molecular complexity index is 336. The second-order valence-electron chi connectivity index (χ2n) is 4.69. The maximum atomic E-state index is 5.95. The van der Waals surface area contributed by atoms with Crippen LogP contribution in [0.2, 0.25) is 0 Å². The molecular weight excluding hydrogens is 210 g/mol. The van der Waals surface area contributed by atoms with Crippen molar-refractivity contribution in [2.45, 2.75) is 46.6 Å². The van der Waals surface area contributed by atoms with E-state index in [4.69, 9.17) is 4.74 Å². The molecule has 0 spiro atoms. The fraction of sp³-hybridized carbons (Fsp3) is 0.600. The van der Waals surface area contributed by atoms with Crippen LogP contribution in [0.25, 0.3) is 0 Å². The molecule has 0 saturated heterocycles. The summed E-state index contributed by atoms with van der Waals surface area (Å²) in [5, 5.41) is 3.33. The maximum absolute atomic E-state index is 5.95. The summed E-state index contributed by atoms with van der Waals surface area (Å²) in [6, 6.07) is 6.35. The van der Waals surface area contributed by atoms with E-state index >= 15 is 0 Å². The van der Waals surface area contributed by atoms with E-state index < -0.39 is 0 Å². The molecule has 0 amide bonds. The van der Waals surface area contributed by atoms with Gasteiger partial charge in [-0.15, -0.1) is 0 Å². The fourth-order valence-electron chi connectivity index (χ4n) is 1.90. The fourth-order valence-corrected chi connectivity index (χ4v) is 1.90. The highest BCUT2D eigenvalue weighted by atomic mass is 16.5. The second kappa shape index (κ2) is 7.33. The summed E-state index contributed by atoms with van der Waals surface area (Å²) < 4.78 is 5.95. The van der Waals surface area contributed by atoms with Gasteiger partial charge in [0.1, 0.15) is 5.75 Å². The van der Waals surface area contributed by atoms with Gasteiger partial charge in [0.2, 0.25) is 0 Å². The molecule has 2 heteroatoms. The lowest BCUT2D eigenvalue weighted by atomic mass is 10.1. The van der Waals surface area contributed by atoms with Gasteiger partial charge in [-0.25, -0.2) is 0 Å². The number of ether oxygens (including phenoxy) is 1. The quantitative estimate of drug-likeness (QED) is 0.731. The molecule has 0 bridgehead atoms. The van der Waals surface area contributed by atoms with E-state index in [1.807, 2.05) is 0 Å². The smallest absolute Gasteiger partial charge is 0.122 e. The predicted molar refractivity (Wildman–Crippen MR) is 73.8 cm³/mol. The third-order valence-electron chi connectivity index (χ3n) is 2.87. The number of hydrogen-bond donors (Lipinski definition) is 1. The Kier molecular flexibility index (Phi) is 6.06. The van der Waals surface area contributed by atoms with E-state index in [2.05, 4.69) is 51.2 Å². The lowest BCUT2D eigenvalue weighted by Crippen LogP contribution is -2.18. The molecule has 0 radical (unpaired) electrons. The van der Waals surface area contributed by atoms with Crippen molar-refractivity contribution in [2.75, 3.05) is 13.1 Å². The van der Waals surface area contributed by atoms with Gasteiger partial charge in [0.05, 0.1) is 6.10 Å². The zero-order chi connectivity index (χ0) is 12.7. The first-order chi connectivity index (χ1) is 8.13. The van der Waals surface area contributed by atoms with Crippen molar-refractivity contribution in [1.82, 2.24) is 5.32 Å². The summed E-state index contributed by atoms with van der Waals surface area (Å²) in [6.45, 7) is 10.6. The van der Waals surface area contributed by atoms with Gasteiger partial charge in [-0.3, -0.25) is 0 Å². The molecule has 2 nitrogen and oxygen atoms in total. The molecule has 1 aromatic rings. The van der Waals surface area contributed by atoms with Crippen molar-refractivity contribution in [3.63, 3.8) is 0 Å². The zero-order valence-electron chi connectivity index (χ0n) is 11.5. The number of nitrogens with one attached hydrogen (secondary N) is 1. The minimum absolute atomic E-state index is 0.287. The van der Waals surface area contributed by atoms with E-state index in [0.717, 1.165) is 25.3 Å². The lowest BCUT2D eigenvalue weighted by Gasteiger charge is -2.16. The van der Waals surface area contributed by atoms with Gasteiger partial charge >= 0.3 is 0 Å². The molecule has 17 heavy (non-hydrogen) atoms. The Labute approximate surface area is 105 Å². The molecule has 0 heterocycles. The van der Waals surface area contributed by atoms with Gasteiger partial charge in [-0.1, -0.05) is 24.6 Å². The molecule has 1 atom stereocenters. The highest BCUT2D eigenvalue weighted by Crippen LogP contribution is 2.20. The predicted octanol–water partition coefficient (Wildman–Crippen LogP) is 3.46. The molecule has 96 valence electrons. The minimum Gasteiger partial charge on any atom is -0.490 e. The average molecular weight is 235 g/mol. The zero-order valence-corrected chi connectivity index (χ0v) is 11.5. The molecule has 0 aliphatic carbocycles. The summed E-state index contributed by atoms with van der Waals surface area (Å²) in [5.41, 5.74) is 2.51. The normalized spacial score (nSPS) is 12.5. The largest absolute Gasteiger partial charge is 0.490 e. The standard InChI is InChI=1S/C15H25NO/c1-5-16-10-6-7-14(4)17-15-9-8-12(2)11-13(15)3/h8-9,11,14,16H,5-7,10H2,1-4H3. The van der Waals surface area contributed by atoms with Crippen LogP contribution < -0.4 is 10.1 Å². The van der Waals surface area contributed by atoms with Crippen LogP contribution in [0.3, 0.4) is 0 Å². The molecule has 0 aliphatic heterocycles. The first kappa shape index (κ1) is 14.0. The van der Waals surface area contributed by atoms with Crippen LogP contribution in [-0.4, -0.2) is 19.2 Å². The minimum atomic E-state index is 0.287. The van der Waals surface area contributed by atoms with Crippen molar-refractivity contribution in [3.05, 3.63) is 29.3 Å². The van der Waals surface area contributed by atoms with E-state index in [-0.39, 0.29) is 6.10 Å². The van der Waals surface area contributed by atoms with E-state index in [9.17, 15) is 0 Å². The molecule has 0 aliphatic rings. The van der Waals surface area contributed by atoms with Crippen LogP contribution in [-0.2, 0) is 0 Å². The number of aryl methyl sites for hydroxylation is 2. The Morgan fingerprint density at radius 3 is 2.71 bits per heavy atom. The van der Waals surface area contributed by atoms with Gasteiger partial charge in [-0.2, -0.15) is 0 Å².